The fourth-order valence-corrected chi connectivity index (χ4v) is 3.01. The number of hydrogen-bond donors (Lipinski definition) is 3. The average Bonchev–Trinajstić information content (AvgIpc) is 3.21. The molecule has 0 radical (unpaired) electrons. The third-order valence-electron chi connectivity index (χ3n) is 4.82. The molecule has 33 heavy (non-hydrogen) atoms. The number of carboxylic acid groups (broad SMARTS) is 1. The Labute approximate surface area is 189 Å². The highest BCUT2D eigenvalue weighted by Gasteiger charge is 2.21. The fraction of sp³-hybridized carbons (Fsp3) is 0.261. The molecule has 172 valence electrons. The summed E-state index contributed by atoms with van der Waals surface area (Å²) in [4.78, 5) is 36.3. The maximum absolute atomic E-state index is 12.0. The van der Waals surface area contributed by atoms with Crippen molar-refractivity contribution in [2.45, 2.75) is 32.2 Å². The molecule has 1 amide bonds. The number of fused-ring (bicyclic) bond motifs is 1. The molecule has 0 saturated carbocycles. The highest BCUT2D eigenvalue weighted by molar-refractivity contribution is 5.94. The number of aromatic nitrogens is 3. The molecule has 2 aromatic carbocycles. The summed E-state index contributed by atoms with van der Waals surface area (Å²) in [5, 5.41) is 30.4. The first-order valence-corrected chi connectivity index (χ1v) is 10.2. The third kappa shape index (κ3) is 6.16. The van der Waals surface area contributed by atoms with Crippen molar-refractivity contribution in [2.24, 2.45) is 0 Å². The first-order valence-electron chi connectivity index (χ1n) is 10.2. The zero-order valence-corrected chi connectivity index (χ0v) is 18.0. The van der Waals surface area contributed by atoms with E-state index in [9.17, 15) is 24.6 Å². The van der Waals surface area contributed by atoms with Gasteiger partial charge in [-0.15, -0.1) is 15.0 Å². The van der Waals surface area contributed by atoms with Crippen LogP contribution in [0.3, 0.4) is 0 Å². The normalized spacial score (nSPS) is 11.7. The largest absolute Gasteiger partial charge is 0.506 e. The van der Waals surface area contributed by atoms with Crippen LogP contribution in [-0.4, -0.2) is 55.7 Å². The van der Waals surface area contributed by atoms with Gasteiger partial charge in [0, 0.05) is 18.4 Å². The Morgan fingerprint density at radius 3 is 2.42 bits per heavy atom. The molecule has 3 rings (SSSR count). The van der Waals surface area contributed by atoms with Crippen LogP contribution < -0.4 is 5.32 Å². The number of esters is 1. The molecule has 0 aliphatic carbocycles. The lowest BCUT2D eigenvalue weighted by molar-refractivity contribution is -0.145. The highest BCUT2D eigenvalue weighted by atomic mass is 16.5. The number of benzene rings is 2. The molecule has 1 heterocycles. The first kappa shape index (κ1) is 23.5. The van der Waals surface area contributed by atoms with Gasteiger partial charge in [-0.05, 0) is 43.2 Å². The van der Waals surface area contributed by atoms with Gasteiger partial charge in [-0.3, -0.25) is 9.59 Å². The second-order valence-electron chi connectivity index (χ2n) is 7.45. The summed E-state index contributed by atoms with van der Waals surface area (Å²) in [7, 11) is 0. The predicted octanol–water partition coefficient (Wildman–Crippen LogP) is 2.14. The smallest absolute Gasteiger partial charge is 0.326 e. The van der Waals surface area contributed by atoms with Crippen molar-refractivity contribution in [1.29, 1.82) is 0 Å². The number of phenolic OH excluding ortho intramolecular Hbond substituents is 1. The molecule has 10 heteroatoms. The van der Waals surface area contributed by atoms with Crippen LogP contribution in [0.15, 0.2) is 54.6 Å². The number of carbonyl (C=O) groups excluding carboxylic acids is 2. The standard InChI is InChI=1S/C23H24N4O6/c1-14(2)22(30)24-18(23(31)32)8-10-21(29)33-12-11-15-7-9-20(28)19(13-15)27-25-16-5-3-4-6-17(16)26-27/h3-7,9,13,18,28H,1,8,10-12H2,2H3,(H,24,30)(H,31,32). The summed E-state index contributed by atoms with van der Waals surface area (Å²) < 4.78 is 5.19. The predicted molar refractivity (Wildman–Crippen MR) is 119 cm³/mol. The zero-order chi connectivity index (χ0) is 24.0. The summed E-state index contributed by atoms with van der Waals surface area (Å²) in [6, 6.07) is 11.0. The van der Waals surface area contributed by atoms with Crippen molar-refractivity contribution in [3.63, 3.8) is 0 Å². The summed E-state index contributed by atoms with van der Waals surface area (Å²) in [6.45, 7) is 4.98. The van der Waals surface area contributed by atoms with Crippen LogP contribution in [0.25, 0.3) is 16.7 Å². The van der Waals surface area contributed by atoms with Crippen molar-refractivity contribution < 1.29 is 29.3 Å². The fourth-order valence-electron chi connectivity index (χ4n) is 3.01. The molecule has 1 unspecified atom stereocenters. The number of amides is 1. The van der Waals surface area contributed by atoms with E-state index in [1.165, 1.54) is 17.8 Å². The van der Waals surface area contributed by atoms with Crippen LogP contribution in [0.4, 0.5) is 0 Å². The molecule has 0 spiro atoms. The Hall–Kier alpha value is -4.21. The van der Waals surface area contributed by atoms with Gasteiger partial charge >= 0.3 is 11.9 Å². The van der Waals surface area contributed by atoms with E-state index >= 15 is 0 Å². The Balaban J connectivity index is 1.54. The van der Waals surface area contributed by atoms with Crippen molar-refractivity contribution in [2.75, 3.05) is 6.61 Å². The quantitative estimate of drug-likeness (QED) is 0.314. The second kappa shape index (κ2) is 10.4. The minimum absolute atomic E-state index is 0.00701. The number of aliphatic carboxylic acids is 1. The van der Waals surface area contributed by atoms with Crippen molar-refractivity contribution in [3.05, 3.63) is 60.2 Å². The molecular weight excluding hydrogens is 428 g/mol. The molecular formula is C23H24N4O6. The molecule has 0 aliphatic heterocycles. The minimum Gasteiger partial charge on any atom is -0.506 e. The van der Waals surface area contributed by atoms with E-state index < -0.39 is 23.9 Å². The van der Waals surface area contributed by atoms with Crippen LogP contribution >= 0.6 is 0 Å². The van der Waals surface area contributed by atoms with Gasteiger partial charge in [-0.25, -0.2) is 4.79 Å². The average molecular weight is 452 g/mol. The second-order valence-corrected chi connectivity index (χ2v) is 7.45. The van der Waals surface area contributed by atoms with E-state index in [0.29, 0.717) is 23.1 Å². The van der Waals surface area contributed by atoms with Crippen molar-refractivity contribution >= 4 is 28.9 Å². The van der Waals surface area contributed by atoms with Crippen LogP contribution in [-0.2, 0) is 25.5 Å². The number of nitrogens with one attached hydrogen (secondary N) is 1. The minimum atomic E-state index is -1.24. The van der Waals surface area contributed by atoms with Crippen LogP contribution in [0, 0.1) is 0 Å². The first-order chi connectivity index (χ1) is 15.7. The van der Waals surface area contributed by atoms with Gasteiger partial charge in [0.15, 0.2) is 0 Å². The number of nitrogens with zero attached hydrogens (tertiary/aromatic N) is 3. The molecule has 3 aromatic rings. The summed E-state index contributed by atoms with van der Waals surface area (Å²) in [5.74, 6) is -2.40. The van der Waals surface area contributed by atoms with E-state index in [0.717, 1.165) is 5.56 Å². The van der Waals surface area contributed by atoms with Crippen LogP contribution in [0.1, 0.15) is 25.3 Å². The van der Waals surface area contributed by atoms with Gasteiger partial charge in [0.25, 0.3) is 0 Å². The summed E-state index contributed by atoms with van der Waals surface area (Å²) in [6.07, 6.45) is 0.0989. The number of rotatable bonds is 10. The van der Waals surface area contributed by atoms with Gasteiger partial charge in [-0.2, -0.15) is 0 Å². The number of carbonyl (C=O) groups is 3. The van der Waals surface area contributed by atoms with Gasteiger partial charge < -0.3 is 20.3 Å². The highest BCUT2D eigenvalue weighted by Crippen LogP contribution is 2.23. The Morgan fingerprint density at radius 2 is 1.82 bits per heavy atom. The van der Waals surface area contributed by atoms with Crippen LogP contribution in [0.5, 0.6) is 5.75 Å². The number of carboxylic acids is 1. The summed E-state index contributed by atoms with van der Waals surface area (Å²) >= 11 is 0. The maximum atomic E-state index is 12.0. The molecule has 1 aromatic heterocycles. The van der Waals surface area contributed by atoms with E-state index in [1.807, 2.05) is 24.3 Å². The molecule has 3 N–H and O–H groups in total. The molecule has 0 fully saturated rings. The Kier molecular flexibility index (Phi) is 7.39. The van der Waals surface area contributed by atoms with E-state index in [2.05, 4.69) is 22.1 Å². The van der Waals surface area contributed by atoms with E-state index in [4.69, 9.17) is 4.74 Å². The van der Waals surface area contributed by atoms with Crippen LogP contribution in [0.2, 0.25) is 0 Å². The number of phenols is 1. The van der Waals surface area contributed by atoms with Gasteiger partial charge in [-0.1, -0.05) is 24.8 Å². The molecule has 0 bridgehead atoms. The lowest BCUT2D eigenvalue weighted by Gasteiger charge is -2.14. The van der Waals surface area contributed by atoms with E-state index in [-0.39, 0.29) is 30.8 Å². The molecule has 1 atom stereocenters. The molecule has 0 aliphatic rings. The summed E-state index contributed by atoms with van der Waals surface area (Å²) in [5.41, 5.74) is 2.74. The van der Waals surface area contributed by atoms with Gasteiger partial charge in [0.2, 0.25) is 5.91 Å². The zero-order valence-electron chi connectivity index (χ0n) is 18.0. The third-order valence-corrected chi connectivity index (χ3v) is 4.82. The van der Waals surface area contributed by atoms with Crippen molar-refractivity contribution in [1.82, 2.24) is 20.3 Å². The lowest BCUT2D eigenvalue weighted by atomic mass is 10.1. The maximum Gasteiger partial charge on any atom is 0.326 e. The van der Waals surface area contributed by atoms with Gasteiger partial charge in [0.1, 0.15) is 28.5 Å². The lowest BCUT2D eigenvalue weighted by Crippen LogP contribution is -2.41. The number of ether oxygens (including phenoxy) is 1. The SMILES string of the molecule is C=C(C)C(=O)NC(CCC(=O)OCCc1ccc(O)c(-n2nc3ccccc3n2)c1)C(=O)O. The monoisotopic (exact) mass is 452 g/mol. The van der Waals surface area contributed by atoms with E-state index in [1.54, 1.807) is 12.1 Å². The van der Waals surface area contributed by atoms with Gasteiger partial charge in [0.05, 0.1) is 6.61 Å². The topological polar surface area (TPSA) is 144 Å². The van der Waals surface area contributed by atoms with Crippen molar-refractivity contribution in [3.8, 4) is 11.4 Å². The number of hydrogen-bond acceptors (Lipinski definition) is 7. The Bertz CT molecular complexity index is 1170. The Morgan fingerprint density at radius 1 is 1.15 bits per heavy atom. The molecule has 0 saturated heterocycles. The number of aromatic hydroxyl groups is 1. The molecule has 10 nitrogen and oxygen atoms in total.